The molecule has 61 heavy (non-hydrogen) atoms. The molecule has 2 nitrogen and oxygen atoms in total. The summed E-state index contributed by atoms with van der Waals surface area (Å²) in [5, 5.41) is 7.21. The number of thiophene rings is 1. The Hall–Kier alpha value is -6.94. The van der Waals surface area contributed by atoms with E-state index in [0.717, 1.165) is 44.6 Å². The average Bonchev–Trinajstić information content (AvgIpc) is 3.99. The molecule has 2 aliphatic rings. The van der Waals surface area contributed by atoms with Crippen LogP contribution in [0.1, 0.15) is 49.9 Å². The summed E-state index contributed by atoms with van der Waals surface area (Å²) in [5.74, 6) is 0. The Labute approximate surface area is 358 Å². The number of hydrogen-bond donors (Lipinski definition) is 0. The van der Waals surface area contributed by atoms with Crippen LogP contribution in [0.3, 0.4) is 0 Å². The lowest BCUT2D eigenvalue weighted by atomic mass is 9.82. The van der Waals surface area contributed by atoms with Crippen molar-refractivity contribution < 1.29 is 4.42 Å². The van der Waals surface area contributed by atoms with Gasteiger partial charge in [-0.05, 0) is 97.7 Å². The van der Waals surface area contributed by atoms with E-state index < -0.39 is 0 Å². The van der Waals surface area contributed by atoms with E-state index >= 15 is 0 Å². The van der Waals surface area contributed by atoms with Gasteiger partial charge >= 0.3 is 0 Å². The van der Waals surface area contributed by atoms with Crippen LogP contribution < -0.4 is 4.90 Å². The molecule has 0 fully saturated rings. The summed E-state index contributed by atoms with van der Waals surface area (Å²) in [6.07, 6.45) is 0. The lowest BCUT2D eigenvalue weighted by Crippen LogP contribution is -2.18. The van der Waals surface area contributed by atoms with Crippen molar-refractivity contribution in [2.75, 3.05) is 4.90 Å². The molecule has 0 unspecified atom stereocenters. The van der Waals surface area contributed by atoms with Gasteiger partial charge in [-0.15, -0.1) is 11.3 Å². The fourth-order valence-electron chi connectivity index (χ4n) is 11.1. The predicted molar refractivity (Wildman–Crippen MR) is 259 cm³/mol. The molecule has 0 bridgehead atoms. The Bertz CT molecular complexity index is 3570. The van der Waals surface area contributed by atoms with Gasteiger partial charge in [-0.1, -0.05) is 161 Å². The highest BCUT2D eigenvalue weighted by atomic mass is 32.1. The van der Waals surface area contributed by atoms with Crippen LogP contribution in [0, 0.1) is 0 Å². The van der Waals surface area contributed by atoms with Crippen LogP contribution in [0.5, 0.6) is 0 Å². The molecule has 0 saturated heterocycles. The molecule has 0 spiro atoms. The third-order valence-electron chi connectivity index (χ3n) is 14.1. The molecule has 2 heterocycles. The number of anilines is 3. The molecule has 3 heteroatoms. The Kier molecular flexibility index (Phi) is 7.04. The molecule has 11 aromatic rings. The first kappa shape index (κ1) is 34.9. The second kappa shape index (κ2) is 12.3. The Morgan fingerprint density at radius 3 is 1.66 bits per heavy atom. The van der Waals surface area contributed by atoms with E-state index in [0.29, 0.717) is 0 Å². The number of furan rings is 1. The van der Waals surface area contributed by atoms with Gasteiger partial charge in [-0.3, -0.25) is 0 Å². The van der Waals surface area contributed by atoms with Crippen molar-refractivity contribution in [3.63, 3.8) is 0 Å². The quantitative estimate of drug-likeness (QED) is 0.176. The van der Waals surface area contributed by atoms with Crippen LogP contribution in [0.4, 0.5) is 17.1 Å². The molecule has 0 aliphatic heterocycles. The average molecular weight is 800 g/mol. The van der Waals surface area contributed by atoms with Gasteiger partial charge in [-0.25, -0.2) is 0 Å². The fourth-order valence-corrected chi connectivity index (χ4v) is 12.3. The minimum atomic E-state index is -0.150. The molecule has 0 radical (unpaired) electrons. The van der Waals surface area contributed by atoms with Crippen LogP contribution in [-0.4, -0.2) is 0 Å². The van der Waals surface area contributed by atoms with E-state index in [9.17, 15) is 0 Å². The lowest BCUT2D eigenvalue weighted by molar-refractivity contribution is 0.659. The number of fused-ring (bicyclic) bond motifs is 13. The van der Waals surface area contributed by atoms with Gasteiger partial charge in [0.05, 0.1) is 5.69 Å². The van der Waals surface area contributed by atoms with E-state index in [4.69, 9.17) is 4.42 Å². The van der Waals surface area contributed by atoms with Gasteiger partial charge in [-0.2, -0.15) is 0 Å². The molecule has 290 valence electrons. The first-order valence-corrected chi connectivity index (χ1v) is 22.2. The summed E-state index contributed by atoms with van der Waals surface area (Å²) >= 11 is 1.87. The zero-order chi connectivity index (χ0) is 40.8. The maximum absolute atomic E-state index is 7.46. The van der Waals surface area contributed by atoms with Crippen LogP contribution in [0.15, 0.2) is 180 Å². The summed E-state index contributed by atoms with van der Waals surface area (Å²) in [6, 6.07) is 65.4. The van der Waals surface area contributed by atoms with E-state index in [-0.39, 0.29) is 10.8 Å². The van der Waals surface area contributed by atoms with E-state index in [1.54, 1.807) is 0 Å². The van der Waals surface area contributed by atoms with Crippen LogP contribution in [0.2, 0.25) is 0 Å². The van der Waals surface area contributed by atoms with Crippen LogP contribution >= 0.6 is 11.3 Å². The highest BCUT2D eigenvalue weighted by molar-refractivity contribution is 7.26. The topological polar surface area (TPSA) is 16.4 Å². The molecule has 0 amide bonds. The van der Waals surface area contributed by atoms with Gasteiger partial charge < -0.3 is 9.32 Å². The van der Waals surface area contributed by atoms with Crippen molar-refractivity contribution in [2.45, 2.75) is 38.5 Å². The van der Waals surface area contributed by atoms with Crippen molar-refractivity contribution in [1.29, 1.82) is 0 Å². The second-order valence-electron chi connectivity index (χ2n) is 18.0. The Balaban J connectivity index is 1.09. The zero-order valence-corrected chi connectivity index (χ0v) is 35.3. The monoisotopic (exact) mass is 799 g/mol. The number of nitrogens with zero attached hydrogens (tertiary/aromatic N) is 1. The van der Waals surface area contributed by atoms with Gasteiger partial charge in [0.15, 0.2) is 5.58 Å². The molecule has 2 aromatic heterocycles. The van der Waals surface area contributed by atoms with E-state index in [1.165, 1.54) is 81.0 Å². The van der Waals surface area contributed by atoms with Crippen molar-refractivity contribution in [1.82, 2.24) is 0 Å². The summed E-state index contributed by atoms with van der Waals surface area (Å²) < 4.78 is 10.0. The minimum Gasteiger partial charge on any atom is -0.453 e. The summed E-state index contributed by atoms with van der Waals surface area (Å²) in [4.78, 5) is 2.45. The second-order valence-corrected chi connectivity index (χ2v) is 19.1. The minimum absolute atomic E-state index is 0.150. The smallest absolute Gasteiger partial charge is 0.159 e. The van der Waals surface area contributed by atoms with Crippen molar-refractivity contribution in [3.8, 4) is 33.4 Å². The third-order valence-corrected chi connectivity index (χ3v) is 15.3. The highest BCUT2D eigenvalue weighted by Gasteiger charge is 2.38. The van der Waals surface area contributed by atoms with Gasteiger partial charge in [0, 0.05) is 64.3 Å². The molecular formula is C58H41NOS. The number of rotatable bonds is 4. The molecule has 13 rings (SSSR count). The number of para-hydroxylation sites is 1. The molecule has 0 atom stereocenters. The predicted octanol–water partition coefficient (Wildman–Crippen LogP) is 16.9. The van der Waals surface area contributed by atoms with Gasteiger partial charge in [0.2, 0.25) is 0 Å². The first-order valence-electron chi connectivity index (χ1n) is 21.3. The Morgan fingerprint density at radius 2 is 0.951 bits per heavy atom. The molecular weight excluding hydrogens is 759 g/mol. The molecule has 9 aromatic carbocycles. The molecule has 0 N–H and O–H groups in total. The molecule has 2 aliphatic carbocycles. The van der Waals surface area contributed by atoms with Gasteiger partial charge in [0.25, 0.3) is 0 Å². The van der Waals surface area contributed by atoms with E-state index in [1.807, 2.05) is 11.3 Å². The fraction of sp³-hybridized carbons (Fsp3) is 0.103. The normalized spacial score (nSPS) is 14.5. The van der Waals surface area contributed by atoms with Crippen molar-refractivity contribution in [3.05, 3.63) is 198 Å². The van der Waals surface area contributed by atoms with E-state index in [2.05, 4.69) is 209 Å². The summed E-state index contributed by atoms with van der Waals surface area (Å²) in [5.41, 5.74) is 17.8. The van der Waals surface area contributed by atoms with Crippen molar-refractivity contribution >= 4 is 81.3 Å². The maximum atomic E-state index is 7.46. The van der Waals surface area contributed by atoms with Gasteiger partial charge in [0.1, 0.15) is 5.58 Å². The third kappa shape index (κ3) is 4.73. The highest BCUT2D eigenvalue weighted by Crippen LogP contribution is 2.55. The first-order chi connectivity index (χ1) is 29.8. The Morgan fingerprint density at radius 1 is 0.410 bits per heavy atom. The largest absolute Gasteiger partial charge is 0.453 e. The maximum Gasteiger partial charge on any atom is 0.159 e. The standard InChI is InChI=1S/C58H41NOS/c1-57(2)47-23-10-7-17-38(47)40-29-27-35(32-49(40)57)59(36-28-30-41-39-18-8-11-24-48(39)58(3,4)50(41)33-36)51-25-14-20-43-46-31-34-15-5-6-16-37(34)53(55(46)60-54(43)51)45-22-13-21-44-42-19-9-12-26-52(42)61-56(44)45/h5-33H,1-4H3. The zero-order valence-electron chi connectivity index (χ0n) is 34.5. The summed E-state index contributed by atoms with van der Waals surface area (Å²) in [7, 11) is 0. The lowest BCUT2D eigenvalue weighted by Gasteiger charge is -2.29. The van der Waals surface area contributed by atoms with Crippen LogP contribution in [0.25, 0.3) is 86.3 Å². The SMILES string of the molecule is CC1(C)c2ccccc2-c2ccc(N(c3ccc4c(c3)C(C)(C)c3ccccc3-4)c3cccc4c3oc3c(-c5cccc6c5sc5ccccc56)c5ccccc5cc34)cc21. The number of hydrogen-bond acceptors (Lipinski definition) is 3. The molecule has 0 saturated carbocycles. The van der Waals surface area contributed by atoms with Crippen molar-refractivity contribution in [2.24, 2.45) is 0 Å². The van der Waals surface area contributed by atoms with Crippen LogP contribution in [-0.2, 0) is 10.8 Å². The number of benzene rings is 9. The summed E-state index contributed by atoms with van der Waals surface area (Å²) in [6.45, 7) is 9.46.